The molecule has 0 aliphatic heterocycles. The van der Waals surface area contributed by atoms with E-state index >= 15 is 0 Å². The van der Waals surface area contributed by atoms with Crippen molar-refractivity contribution < 1.29 is 14.3 Å². The number of hydrogen-bond donors (Lipinski definition) is 2. The van der Waals surface area contributed by atoms with Crippen molar-refractivity contribution in [2.45, 2.75) is 39.5 Å². The molecule has 2 aromatic heterocycles. The molecule has 0 fully saturated rings. The second kappa shape index (κ2) is 11.8. The molecule has 0 saturated heterocycles. The van der Waals surface area contributed by atoms with E-state index in [1.807, 2.05) is 62.5 Å². The van der Waals surface area contributed by atoms with Crippen LogP contribution in [-0.2, 0) is 14.3 Å². The van der Waals surface area contributed by atoms with Gasteiger partial charge in [0, 0.05) is 34.6 Å². The molecule has 0 saturated carbocycles. The van der Waals surface area contributed by atoms with Gasteiger partial charge < -0.3 is 15.8 Å². The fourth-order valence-corrected chi connectivity index (χ4v) is 4.44. The summed E-state index contributed by atoms with van der Waals surface area (Å²) in [6.07, 6.45) is 4.70. The topological polar surface area (TPSA) is 123 Å². The Kier molecular flexibility index (Phi) is 8.23. The van der Waals surface area contributed by atoms with E-state index in [4.69, 9.17) is 15.5 Å². The zero-order chi connectivity index (χ0) is 28.1. The van der Waals surface area contributed by atoms with Gasteiger partial charge >= 0.3 is 5.97 Å². The largest absolute Gasteiger partial charge is 0.440 e. The van der Waals surface area contributed by atoms with E-state index in [2.05, 4.69) is 18.0 Å². The van der Waals surface area contributed by atoms with E-state index in [0.717, 1.165) is 27.6 Å². The van der Waals surface area contributed by atoms with Crippen LogP contribution in [-0.4, -0.2) is 27.5 Å². The smallest absolute Gasteiger partial charge is 0.324 e. The van der Waals surface area contributed by atoms with Gasteiger partial charge in [-0.15, -0.1) is 0 Å². The van der Waals surface area contributed by atoms with Crippen molar-refractivity contribution in [3.8, 4) is 28.3 Å². The van der Waals surface area contributed by atoms with Crippen LogP contribution in [0.15, 0.2) is 79.6 Å². The second-order valence-electron chi connectivity index (χ2n) is 9.78. The third-order valence-corrected chi connectivity index (χ3v) is 6.33. The highest BCUT2D eigenvalue weighted by molar-refractivity contribution is 6.00. The van der Waals surface area contributed by atoms with Gasteiger partial charge in [0.2, 0.25) is 5.91 Å². The van der Waals surface area contributed by atoms with Crippen molar-refractivity contribution in [1.29, 1.82) is 5.26 Å². The monoisotopic (exact) mass is 521 g/mol. The highest BCUT2D eigenvalue weighted by Crippen LogP contribution is 2.35. The van der Waals surface area contributed by atoms with E-state index in [1.165, 1.54) is 6.08 Å². The van der Waals surface area contributed by atoms with Crippen molar-refractivity contribution >= 4 is 28.6 Å². The molecule has 39 heavy (non-hydrogen) atoms. The summed E-state index contributed by atoms with van der Waals surface area (Å²) < 4.78 is 7.54. The van der Waals surface area contributed by atoms with Crippen LogP contribution in [0, 0.1) is 17.2 Å². The molecule has 2 unspecified atom stereocenters. The van der Waals surface area contributed by atoms with Gasteiger partial charge in [-0.2, -0.15) is 5.26 Å². The lowest BCUT2D eigenvalue weighted by molar-refractivity contribution is -0.154. The Bertz CT molecular complexity index is 1580. The van der Waals surface area contributed by atoms with Gasteiger partial charge in [0.05, 0.1) is 11.6 Å². The molecule has 4 rings (SSSR count). The maximum absolute atomic E-state index is 12.7. The molecule has 0 aliphatic rings. The fourth-order valence-electron chi connectivity index (χ4n) is 4.44. The number of anilines is 1. The molecular weight excluding hydrogens is 490 g/mol. The minimum absolute atomic E-state index is 0.262. The first kappa shape index (κ1) is 27.3. The number of nitrogens with one attached hydrogen (secondary N) is 1. The predicted octanol–water partition coefficient (Wildman–Crippen LogP) is 5.80. The molecule has 2 atom stereocenters. The van der Waals surface area contributed by atoms with Crippen LogP contribution in [0.4, 0.5) is 5.69 Å². The van der Waals surface area contributed by atoms with Crippen molar-refractivity contribution in [2.24, 2.45) is 11.7 Å². The Morgan fingerprint density at radius 3 is 2.59 bits per heavy atom. The summed E-state index contributed by atoms with van der Waals surface area (Å²) in [5.74, 6) is -0.506. The number of carbonyl (C=O) groups is 2. The number of fused-ring (bicyclic) bond motifs is 1. The maximum Gasteiger partial charge on any atom is 0.324 e. The molecule has 8 nitrogen and oxygen atoms in total. The highest BCUT2D eigenvalue weighted by atomic mass is 16.6. The average Bonchev–Trinajstić information content (AvgIpc) is 3.32. The van der Waals surface area contributed by atoms with Crippen molar-refractivity contribution in [3.63, 3.8) is 0 Å². The number of ether oxygens (including phenoxy) is 1. The van der Waals surface area contributed by atoms with Crippen LogP contribution in [0.3, 0.4) is 0 Å². The number of carbonyl (C=O) groups excluding carboxylic acids is 2. The molecule has 0 radical (unpaired) electrons. The molecule has 198 valence electrons. The van der Waals surface area contributed by atoms with E-state index in [-0.39, 0.29) is 11.8 Å². The van der Waals surface area contributed by atoms with E-state index in [0.29, 0.717) is 23.3 Å². The SMILES string of the molecule is C=CC(=O)Nc1cccc(-c2cnc3c(c2)c(-c2cccc(C#N)c2)cn3C(C)OC(=O)C(N)CC(C)C)c1. The fraction of sp³-hybridized carbons (Fsp3) is 0.226. The maximum atomic E-state index is 12.7. The van der Waals surface area contributed by atoms with Gasteiger partial charge in [0.15, 0.2) is 6.23 Å². The molecule has 0 bridgehead atoms. The van der Waals surface area contributed by atoms with Gasteiger partial charge in [-0.25, -0.2) is 4.98 Å². The molecular formula is C31H31N5O3. The van der Waals surface area contributed by atoms with Crippen LogP contribution >= 0.6 is 0 Å². The normalized spacial score (nSPS) is 12.5. The predicted molar refractivity (Wildman–Crippen MR) is 152 cm³/mol. The molecule has 8 heteroatoms. The minimum Gasteiger partial charge on any atom is -0.440 e. The first-order chi connectivity index (χ1) is 18.7. The zero-order valence-electron chi connectivity index (χ0n) is 22.2. The number of hydrogen-bond acceptors (Lipinski definition) is 6. The van der Waals surface area contributed by atoms with E-state index < -0.39 is 18.2 Å². The average molecular weight is 522 g/mol. The lowest BCUT2D eigenvalue weighted by Gasteiger charge is -2.19. The van der Waals surface area contributed by atoms with Crippen molar-refractivity contribution in [2.75, 3.05) is 5.32 Å². The number of benzene rings is 2. The number of pyridine rings is 1. The molecule has 3 N–H and O–H groups in total. The molecule has 4 aromatic rings. The number of esters is 1. The molecule has 2 aromatic carbocycles. The first-order valence-corrected chi connectivity index (χ1v) is 12.7. The Labute approximate surface area is 227 Å². The van der Waals surface area contributed by atoms with Gasteiger partial charge in [-0.3, -0.25) is 14.2 Å². The molecule has 1 amide bonds. The Morgan fingerprint density at radius 1 is 1.13 bits per heavy atom. The quantitative estimate of drug-likeness (QED) is 0.212. The van der Waals surface area contributed by atoms with Crippen LogP contribution in [0.5, 0.6) is 0 Å². The summed E-state index contributed by atoms with van der Waals surface area (Å²) >= 11 is 0. The first-order valence-electron chi connectivity index (χ1n) is 12.7. The van der Waals surface area contributed by atoms with Crippen molar-refractivity contribution in [1.82, 2.24) is 9.55 Å². The minimum atomic E-state index is -0.713. The third-order valence-electron chi connectivity index (χ3n) is 6.33. The van der Waals surface area contributed by atoms with Gasteiger partial charge in [0.1, 0.15) is 11.7 Å². The summed E-state index contributed by atoms with van der Waals surface area (Å²) in [4.78, 5) is 29.2. The highest BCUT2D eigenvalue weighted by Gasteiger charge is 2.23. The number of amides is 1. The number of nitriles is 1. The number of aromatic nitrogens is 2. The number of nitrogens with two attached hydrogens (primary N) is 1. The number of rotatable bonds is 9. The Morgan fingerprint density at radius 2 is 1.87 bits per heavy atom. The zero-order valence-corrected chi connectivity index (χ0v) is 22.2. The molecule has 0 spiro atoms. The summed E-state index contributed by atoms with van der Waals surface area (Å²) in [7, 11) is 0. The van der Waals surface area contributed by atoms with Crippen LogP contribution in [0.2, 0.25) is 0 Å². The van der Waals surface area contributed by atoms with Gasteiger partial charge in [-0.1, -0.05) is 44.7 Å². The van der Waals surface area contributed by atoms with E-state index in [9.17, 15) is 14.9 Å². The number of nitrogens with zero attached hydrogens (tertiary/aromatic N) is 3. The third kappa shape index (κ3) is 6.22. The van der Waals surface area contributed by atoms with Crippen LogP contribution < -0.4 is 11.1 Å². The second-order valence-corrected chi connectivity index (χ2v) is 9.78. The van der Waals surface area contributed by atoms with Crippen LogP contribution in [0.1, 0.15) is 39.0 Å². The van der Waals surface area contributed by atoms with Crippen LogP contribution in [0.25, 0.3) is 33.3 Å². The summed E-state index contributed by atoms with van der Waals surface area (Å²) in [5.41, 5.74) is 11.2. The molecule has 2 heterocycles. The van der Waals surface area contributed by atoms with Crippen molar-refractivity contribution in [3.05, 3.63) is 85.2 Å². The molecule has 0 aliphatic carbocycles. The lowest BCUT2D eigenvalue weighted by atomic mass is 10.0. The summed E-state index contributed by atoms with van der Waals surface area (Å²) in [6.45, 7) is 9.27. The summed E-state index contributed by atoms with van der Waals surface area (Å²) in [5, 5.41) is 13.0. The standard InChI is InChI=1S/C31H31N5O3/c1-5-29(37)35-25-11-7-9-22(14-25)24-15-26-27(23-10-6-8-21(13-23)16-32)18-36(30(26)34-17-24)20(4)39-31(38)28(33)12-19(2)3/h5-11,13-15,17-20,28H,1,12,33H2,2-4H3,(H,35,37). The lowest BCUT2D eigenvalue weighted by Crippen LogP contribution is -2.34. The summed E-state index contributed by atoms with van der Waals surface area (Å²) in [6, 6.07) is 18.2. The Hall–Kier alpha value is -4.74. The Balaban J connectivity index is 1.79. The van der Waals surface area contributed by atoms with Gasteiger partial charge in [-0.05, 0) is 66.8 Å². The van der Waals surface area contributed by atoms with Gasteiger partial charge in [0.25, 0.3) is 0 Å². The van der Waals surface area contributed by atoms with E-state index in [1.54, 1.807) is 29.8 Å².